The van der Waals surface area contributed by atoms with Gasteiger partial charge in [-0.2, -0.15) is 9.78 Å². The van der Waals surface area contributed by atoms with E-state index in [0.717, 1.165) is 5.56 Å². The number of hydrogen-bond donors (Lipinski definition) is 0. The highest BCUT2D eigenvalue weighted by Gasteiger charge is 2.24. The lowest BCUT2D eigenvalue weighted by molar-refractivity contribution is -0.385. The van der Waals surface area contributed by atoms with Crippen LogP contribution in [0.2, 0.25) is 0 Å². The molecule has 1 aliphatic heterocycles. The third kappa shape index (κ3) is 3.07. The number of nitrogens with zero attached hydrogens (tertiary/aromatic N) is 5. The quantitative estimate of drug-likeness (QED) is 0.481. The lowest BCUT2D eigenvalue weighted by atomic mass is 10.1. The van der Waals surface area contributed by atoms with Gasteiger partial charge in [0.25, 0.3) is 0 Å². The van der Waals surface area contributed by atoms with Gasteiger partial charge in [0.15, 0.2) is 11.6 Å². The highest BCUT2D eigenvalue weighted by Crippen LogP contribution is 2.34. The average molecular weight is 397 g/mol. The van der Waals surface area contributed by atoms with Crippen LogP contribution in [-0.2, 0) is 0 Å². The van der Waals surface area contributed by atoms with Gasteiger partial charge in [-0.3, -0.25) is 10.1 Å². The monoisotopic (exact) mass is 397 g/mol. The molecule has 0 unspecified atom stereocenters. The van der Waals surface area contributed by atoms with E-state index >= 15 is 0 Å². The van der Waals surface area contributed by atoms with E-state index in [0.29, 0.717) is 33.8 Å². The highest BCUT2D eigenvalue weighted by atomic mass is 32.2. The first kappa shape index (κ1) is 18.0. The van der Waals surface area contributed by atoms with Gasteiger partial charge in [0, 0.05) is 17.4 Å². The van der Waals surface area contributed by atoms with E-state index in [9.17, 15) is 10.1 Å². The van der Waals surface area contributed by atoms with Gasteiger partial charge < -0.3 is 9.47 Å². The number of benzene rings is 2. The Kier molecular flexibility index (Phi) is 4.70. The number of nitro benzene ring substituents is 1. The largest absolute Gasteiger partial charge is 0.496 e. The van der Waals surface area contributed by atoms with Crippen molar-refractivity contribution in [3.63, 3.8) is 0 Å². The summed E-state index contributed by atoms with van der Waals surface area (Å²) in [5, 5.41) is 25.1. The zero-order valence-electron chi connectivity index (χ0n) is 15.0. The van der Waals surface area contributed by atoms with E-state index in [2.05, 4.69) is 15.3 Å². The number of aromatic nitrogens is 3. The summed E-state index contributed by atoms with van der Waals surface area (Å²) >= 11 is 1.46. The van der Waals surface area contributed by atoms with Crippen LogP contribution in [0, 0.1) is 10.1 Å². The number of ether oxygens (including phenoxy) is 2. The summed E-state index contributed by atoms with van der Waals surface area (Å²) in [6.07, 6.45) is 0. The van der Waals surface area contributed by atoms with Gasteiger partial charge in [-0.05, 0) is 24.3 Å². The zero-order chi connectivity index (χ0) is 19.7. The molecule has 2 aromatic carbocycles. The first-order valence-electron chi connectivity index (χ1n) is 8.24. The molecule has 1 aromatic heterocycles. The second-order valence-electron chi connectivity index (χ2n) is 5.80. The Hall–Kier alpha value is -3.40. The number of hydrogen-bond acceptors (Lipinski definition) is 8. The van der Waals surface area contributed by atoms with Crippen LogP contribution in [0.4, 0.5) is 5.69 Å². The van der Waals surface area contributed by atoms with Crippen molar-refractivity contribution >= 4 is 23.2 Å². The van der Waals surface area contributed by atoms with Crippen LogP contribution in [0.5, 0.6) is 11.5 Å². The fraction of sp³-hybridized carbons (Fsp3) is 0.167. The van der Waals surface area contributed by atoms with Crippen molar-refractivity contribution in [2.45, 2.75) is 5.16 Å². The summed E-state index contributed by atoms with van der Waals surface area (Å²) in [6.45, 7) is 0. The first-order valence-corrected chi connectivity index (χ1v) is 9.23. The SMILES string of the molecule is COc1ccccc1-c1nnc2n1N=C(c1ccc(OC)c([N+](=O)[O-])c1)CS2. The Morgan fingerprint density at radius 1 is 1.11 bits per heavy atom. The fourth-order valence-corrected chi connectivity index (χ4v) is 3.72. The van der Waals surface area contributed by atoms with Crippen LogP contribution >= 0.6 is 11.8 Å². The average Bonchev–Trinajstić information content (AvgIpc) is 3.16. The van der Waals surface area contributed by atoms with Crippen molar-refractivity contribution in [3.8, 4) is 22.9 Å². The molecular formula is C18H15N5O4S. The maximum absolute atomic E-state index is 11.3. The van der Waals surface area contributed by atoms with Gasteiger partial charge in [0.2, 0.25) is 5.16 Å². The Labute approximate surface area is 164 Å². The summed E-state index contributed by atoms with van der Waals surface area (Å²) in [7, 11) is 2.99. The van der Waals surface area contributed by atoms with Crippen LogP contribution in [0.1, 0.15) is 5.56 Å². The molecule has 0 fully saturated rings. The fourth-order valence-electron chi connectivity index (χ4n) is 2.88. The lowest BCUT2D eigenvalue weighted by Gasteiger charge is -2.15. The number of thioether (sulfide) groups is 1. The molecule has 1 aliphatic rings. The van der Waals surface area contributed by atoms with Gasteiger partial charge in [0.05, 0.1) is 30.4 Å². The van der Waals surface area contributed by atoms with Crippen LogP contribution in [0.15, 0.2) is 52.7 Å². The summed E-state index contributed by atoms with van der Waals surface area (Å²) in [6, 6.07) is 12.3. The van der Waals surface area contributed by atoms with Gasteiger partial charge in [-0.15, -0.1) is 10.2 Å². The minimum absolute atomic E-state index is 0.104. The van der Waals surface area contributed by atoms with Crippen molar-refractivity contribution in [3.05, 3.63) is 58.1 Å². The maximum Gasteiger partial charge on any atom is 0.311 e. The number of para-hydroxylation sites is 1. The first-order chi connectivity index (χ1) is 13.6. The molecule has 0 saturated carbocycles. The van der Waals surface area contributed by atoms with Crippen molar-refractivity contribution in [2.75, 3.05) is 20.0 Å². The van der Waals surface area contributed by atoms with Crippen molar-refractivity contribution in [1.29, 1.82) is 0 Å². The predicted molar refractivity (Wildman–Crippen MR) is 104 cm³/mol. The Morgan fingerprint density at radius 3 is 2.64 bits per heavy atom. The molecule has 0 bridgehead atoms. The smallest absolute Gasteiger partial charge is 0.311 e. The molecule has 4 rings (SSSR count). The molecule has 0 radical (unpaired) electrons. The summed E-state index contributed by atoms with van der Waals surface area (Å²) in [4.78, 5) is 10.9. The third-order valence-electron chi connectivity index (χ3n) is 4.23. The number of methoxy groups -OCH3 is 2. The van der Waals surface area contributed by atoms with E-state index < -0.39 is 4.92 Å². The summed E-state index contributed by atoms with van der Waals surface area (Å²) in [5.74, 6) is 1.93. The summed E-state index contributed by atoms with van der Waals surface area (Å²) < 4.78 is 12.1. The van der Waals surface area contributed by atoms with Crippen molar-refractivity contribution in [1.82, 2.24) is 14.9 Å². The normalized spacial score (nSPS) is 12.9. The molecule has 9 nitrogen and oxygen atoms in total. The molecule has 142 valence electrons. The van der Waals surface area contributed by atoms with Gasteiger partial charge in [-0.25, -0.2) is 0 Å². The number of nitro groups is 1. The standard InChI is InChI=1S/C18H15N5O4S/c1-26-15-6-4-3-5-12(15)17-19-20-18-22(17)21-13(10-28-18)11-7-8-16(27-2)14(9-11)23(24)25/h3-9H,10H2,1-2H3. The van der Waals surface area contributed by atoms with Gasteiger partial charge >= 0.3 is 5.69 Å². The summed E-state index contributed by atoms with van der Waals surface area (Å²) in [5.41, 5.74) is 1.98. The molecule has 0 atom stereocenters. The van der Waals surface area contributed by atoms with E-state index in [4.69, 9.17) is 9.47 Å². The van der Waals surface area contributed by atoms with E-state index in [1.807, 2.05) is 24.3 Å². The Balaban J connectivity index is 1.80. The third-order valence-corrected chi connectivity index (χ3v) is 5.16. The Bertz CT molecular complexity index is 1100. The minimum atomic E-state index is -0.469. The van der Waals surface area contributed by atoms with Crippen LogP contribution in [-0.4, -0.2) is 45.5 Å². The van der Waals surface area contributed by atoms with Crippen LogP contribution in [0.3, 0.4) is 0 Å². The molecule has 0 N–H and O–H groups in total. The topological polar surface area (TPSA) is 105 Å². The number of rotatable bonds is 5. The highest BCUT2D eigenvalue weighted by molar-refractivity contribution is 7.99. The molecular weight excluding hydrogens is 382 g/mol. The maximum atomic E-state index is 11.3. The predicted octanol–water partition coefficient (Wildman–Crippen LogP) is 3.23. The van der Waals surface area contributed by atoms with Gasteiger partial charge in [-0.1, -0.05) is 23.9 Å². The van der Waals surface area contributed by atoms with E-state index in [-0.39, 0.29) is 11.4 Å². The zero-order valence-corrected chi connectivity index (χ0v) is 15.8. The lowest BCUT2D eigenvalue weighted by Crippen LogP contribution is -2.14. The Morgan fingerprint density at radius 2 is 1.89 bits per heavy atom. The van der Waals surface area contributed by atoms with Gasteiger partial charge in [0.1, 0.15) is 5.75 Å². The second-order valence-corrected chi connectivity index (χ2v) is 6.74. The second kappa shape index (κ2) is 7.31. The molecule has 2 heterocycles. The molecule has 3 aromatic rings. The van der Waals surface area contributed by atoms with E-state index in [1.54, 1.807) is 23.9 Å². The van der Waals surface area contributed by atoms with Crippen molar-refractivity contribution < 1.29 is 14.4 Å². The molecule has 10 heteroatoms. The molecule has 0 spiro atoms. The van der Waals surface area contributed by atoms with Crippen LogP contribution < -0.4 is 9.47 Å². The van der Waals surface area contributed by atoms with Crippen LogP contribution in [0.25, 0.3) is 11.4 Å². The molecule has 0 saturated heterocycles. The minimum Gasteiger partial charge on any atom is -0.496 e. The molecule has 0 amide bonds. The van der Waals surface area contributed by atoms with E-state index in [1.165, 1.54) is 24.9 Å². The number of fused-ring (bicyclic) bond motifs is 1. The molecule has 28 heavy (non-hydrogen) atoms. The molecule has 0 aliphatic carbocycles. The van der Waals surface area contributed by atoms with Crippen molar-refractivity contribution in [2.24, 2.45) is 5.10 Å².